The van der Waals surface area contributed by atoms with Gasteiger partial charge in [-0.15, -0.1) is 0 Å². The normalized spacial score (nSPS) is 11.6. The lowest BCUT2D eigenvalue weighted by Gasteiger charge is -2.14. The van der Waals surface area contributed by atoms with Crippen molar-refractivity contribution in [2.75, 3.05) is 0 Å². The van der Waals surface area contributed by atoms with Crippen LogP contribution in [-0.2, 0) is 16.1 Å². The quantitative estimate of drug-likeness (QED) is 0.804. The predicted molar refractivity (Wildman–Crippen MR) is 67.7 cm³/mol. The maximum atomic E-state index is 11.5. The number of carbonyl (C=O) groups is 2. The number of nitrogens with one attached hydrogen (secondary N) is 1. The average molecular weight is 250 g/mol. The van der Waals surface area contributed by atoms with Gasteiger partial charge in [-0.25, -0.2) is 4.79 Å². The number of ether oxygens (including phenoxy) is 1. The Balaban J connectivity index is 2.39. The summed E-state index contributed by atoms with van der Waals surface area (Å²) < 4.78 is 5.00. The lowest BCUT2D eigenvalue weighted by molar-refractivity contribution is -0.120. The minimum Gasteiger partial charge on any atom is -0.445 e. The van der Waals surface area contributed by atoms with E-state index in [1.54, 1.807) is 0 Å². The summed E-state index contributed by atoms with van der Waals surface area (Å²) in [7, 11) is 0. The molecule has 0 spiro atoms. The zero-order valence-electron chi connectivity index (χ0n) is 10.4. The monoisotopic (exact) mass is 250 g/mol. The van der Waals surface area contributed by atoms with Gasteiger partial charge < -0.3 is 15.8 Å². The smallest absolute Gasteiger partial charge is 0.408 e. The van der Waals surface area contributed by atoms with Crippen LogP contribution in [0.15, 0.2) is 30.3 Å². The van der Waals surface area contributed by atoms with Crippen LogP contribution in [-0.4, -0.2) is 18.0 Å². The Morgan fingerprint density at radius 3 is 2.56 bits per heavy atom. The summed E-state index contributed by atoms with van der Waals surface area (Å²) in [6, 6.07) is 8.64. The third-order valence-electron chi connectivity index (χ3n) is 2.43. The van der Waals surface area contributed by atoms with Crippen LogP contribution < -0.4 is 11.1 Å². The van der Waals surface area contributed by atoms with E-state index in [4.69, 9.17) is 10.5 Å². The highest BCUT2D eigenvalue weighted by molar-refractivity contribution is 5.84. The minimum absolute atomic E-state index is 0.171. The maximum Gasteiger partial charge on any atom is 0.408 e. The third kappa shape index (κ3) is 4.86. The van der Waals surface area contributed by atoms with Crippen molar-refractivity contribution in [3.05, 3.63) is 35.9 Å². The number of hydrogen-bond donors (Lipinski definition) is 2. The van der Waals surface area contributed by atoms with Crippen LogP contribution in [0.25, 0.3) is 0 Å². The maximum absolute atomic E-state index is 11.5. The standard InChI is InChI=1S/C13H18N2O3/c1-2-6-11(12(14)16)15-13(17)18-9-10-7-4-3-5-8-10/h3-5,7-8,11H,2,6,9H2,1H3,(H2,14,16)(H,15,17). The number of amides is 2. The van der Waals surface area contributed by atoms with Crippen LogP contribution >= 0.6 is 0 Å². The van der Waals surface area contributed by atoms with Gasteiger partial charge in [0.2, 0.25) is 5.91 Å². The van der Waals surface area contributed by atoms with E-state index in [2.05, 4.69) is 5.32 Å². The molecule has 1 atom stereocenters. The first-order chi connectivity index (χ1) is 8.63. The molecular formula is C13H18N2O3. The van der Waals surface area contributed by atoms with Gasteiger partial charge in [-0.05, 0) is 12.0 Å². The fourth-order valence-corrected chi connectivity index (χ4v) is 1.48. The van der Waals surface area contributed by atoms with Crippen LogP contribution in [0.2, 0.25) is 0 Å². The van der Waals surface area contributed by atoms with Gasteiger partial charge in [0, 0.05) is 0 Å². The summed E-state index contributed by atoms with van der Waals surface area (Å²) >= 11 is 0. The highest BCUT2D eigenvalue weighted by Crippen LogP contribution is 2.02. The number of nitrogens with two attached hydrogens (primary N) is 1. The van der Waals surface area contributed by atoms with Crippen LogP contribution in [0.5, 0.6) is 0 Å². The molecule has 0 aliphatic rings. The second-order valence-corrected chi connectivity index (χ2v) is 3.95. The SMILES string of the molecule is CCCC(NC(=O)OCc1ccccc1)C(N)=O. The number of hydrogen-bond acceptors (Lipinski definition) is 3. The Bertz CT molecular complexity index is 392. The first-order valence-electron chi connectivity index (χ1n) is 5.90. The number of alkyl carbamates (subject to hydrolysis) is 1. The van der Waals surface area contributed by atoms with E-state index < -0.39 is 18.0 Å². The second kappa shape index (κ2) is 7.32. The Morgan fingerprint density at radius 1 is 1.33 bits per heavy atom. The van der Waals surface area contributed by atoms with Gasteiger partial charge in [0.25, 0.3) is 0 Å². The van der Waals surface area contributed by atoms with E-state index in [1.807, 2.05) is 37.3 Å². The molecule has 3 N–H and O–H groups in total. The van der Waals surface area contributed by atoms with Crippen LogP contribution in [0, 0.1) is 0 Å². The summed E-state index contributed by atoms with van der Waals surface area (Å²) in [6.45, 7) is 2.08. The van der Waals surface area contributed by atoms with E-state index >= 15 is 0 Å². The van der Waals surface area contributed by atoms with Gasteiger partial charge in [0.15, 0.2) is 0 Å². The van der Waals surface area contributed by atoms with Gasteiger partial charge in [0.1, 0.15) is 12.6 Å². The third-order valence-corrected chi connectivity index (χ3v) is 2.43. The molecule has 1 rings (SSSR count). The molecule has 1 aromatic rings. The van der Waals surface area contributed by atoms with Crippen molar-refractivity contribution in [2.24, 2.45) is 5.73 Å². The van der Waals surface area contributed by atoms with Gasteiger partial charge in [-0.2, -0.15) is 0 Å². The highest BCUT2D eigenvalue weighted by Gasteiger charge is 2.17. The summed E-state index contributed by atoms with van der Waals surface area (Å²) in [5.74, 6) is -0.548. The molecule has 0 aliphatic carbocycles. The lowest BCUT2D eigenvalue weighted by atomic mass is 10.1. The predicted octanol–water partition coefficient (Wildman–Crippen LogP) is 1.57. The zero-order chi connectivity index (χ0) is 13.4. The van der Waals surface area contributed by atoms with Crippen LogP contribution in [0.4, 0.5) is 4.79 Å². The van der Waals surface area contributed by atoms with E-state index in [0.717, 1.165) is 12.0 Å². The molecular weight excluding hydrogens is 232 g/mol. The molecule has 2 amide bonds. The molecule has 0 saturated carbocycles. The molecule has 0 aliphatic heterocycles. The first-order valence-corrected chi connectivity index (χ1v) is 5.90. The van der Waals surface area contributed by atoms with Crippen molar-refractivity contribution >= 4 is 12.0 Å². The number of benzene rings is 1. The van der Waals surface area contributed by atoms with E-state index in [0.29, 0.717) is 6.42 Å². The Morgan fingerprint density at radius 2 is 2.00 bits per heavy atom. The molecule has 0 bridgehead atoms. The molecule has 5 heteroatoms. The second-order valence-electron chi connectivity index (χ2n) is 3.95. The Hall–Kier alpha value is -2.04. The van der Waals surface area contributed by atoms with Crippen LogP contribution in [0.3, 0.4) is 0 Å². The minimum atomic E-state index is -0.668. The first kappa shape index (κ1) is 14.0. The van der Waals surface area contributed by atoms with Crippen molar-refractivity contribution in [3.63, 3.8) is 0 Å². The molecule has 0 radical (unpaired) electrons. The van der Waals surface area contributed by atoms with Gasteiger partial charge >= 0.3 is 6.09 Å². The van der Waals surface area contributed by atoms with Crippen molar-refractivity contribution in [1.29, 1.82) is 0 Å². The number of rotatable bonds is 6. The number of carbonyl (C=O) groups excluding carboxylic acids is 2. The fraction of sp³-hybridized carbons (Fsp3) is 0.385. The van der Waals surface area contributed by atoms with E-state index in [-0.39, 0.29) is 6.61 Å². The van der Waals surface area contributed by atoms with E-state index in [9.17, 15) is 9.59 Å². The molecule has 0 aromatic heterocycles. The molecule has 5 nitrogen and oxygen atoms in total. The van der Waals surface area contributed by atoms with E-state index in [1.165, 1.54) is 0 Å². The van der Waals surface area contributed by atoms with Gasteiger partial charge in [-0.1, -0.05) is 43.7 Å². The van der Waals surface area contributed by atoms with Crippen molar-refractivity contribution in [3.8, 4) is 0 Å². The van der Waals surface area contributed by atoms with Crippen LogP contribution in [0.1, 0.15) is 25.3 Å². The molecule has 18 heavy (non-hydrogen) atoms. The lowest BCUT2D eigenvalue weighted by Crippen LogP contribution is -2.44. The van der Waals surface area contributed by atoms with Crippen molar-refractivity contribution in [2.45, 2.75) is 32.4 Å². The molecule has 0 fully saturated rings. The topological polar surface area (TPSA) is 81.4 Å². The molecule has 1 aromatic carbocycles. The van der Waals surface area contributed by atoms with Crippen molar-refractivity contribution in [1.82, 2.24) is 5.32 Å². The van der Waals surface area contributed by atoms with Gasteiger partial charge in [0.05, 0.1) is 0 Å². The molecule has 1 unspecified atom stereocenters. The number of primary amides is 1. The summed E-state index contributed by atoms with van der Waals surface area (Å²) in [4.78, 5) is 22.5. The highest BCUT2D eigenvalue weighted by atomic mass is 16.5. The molecule has 0 heterocycles. The van der Waals surface area contributed by atoms with Gasteiger partial charge in [-0.3, -0.25) is 4.79 Å². The van der Waals surface area contributed by atoms with Crippen molar-refractivity contribution < 1.29 is 14.3 Å². The molecule has 98 valence electrons. The summed E-state index contributed by atoms with van der Waals surface area (Å²) in [5, 5.41) is 2.45. The Labute approximate surface area is 106 Å². The zero-order valence-corrected chi connectivity index (χ0v) is 10.4. The largest absolute Gasteiger partial charge is 0.445 e. The average Bonchev–Trinajstić information content (AvgIpc) is 2.37. The Kier molecular flexibility index (Phi) is 5.70. The molecule has 0 saturated heterocycles. The summed E-state index contributed by atoms with van der Waals surface area (Å²) in [5.41, 5.74) is 6.06. The summed E-state index contributed by atoms with van der Waals surface area (Å²) in [6.07, 6.45) is 0.638. The fourth-order valence-electron chi connectivity index (χ4n) is 1.48.